The van der Waals surface area contributed by atoms with Gasteiger partial charge in [0.05, 0.1) is 0 Å². The highest BCUT2D eigenvalue weighted by molar-refractivity contribution is 5.84. The summed E-state index contributed by atoms with van der Waals surface area (Å²) in [6, 6.07) is 18.7. The van der Waals surface area contributed by atoms with Crippen molar-refractivity contribution in [3.63, 3.8) is 0 Å². The van der Waals surface area contributed by atoms with E-state index in [1.165, 1.54) is 0 Å². The topological polar surface area (TPSA) is 42.6 Å². The summed E-state index contributed by atoms with van der Waals surface area (Å²) in [4.78, 5) is 16.0. The van der Waals surface area contributed by atoms with Crippen LogP contribution in [0.25, 0.3) is 11.0 Å². The summed E-state index contributed by atoms with van der Waals surface area (Å²) >= 11 is 0. The Morgan fingerprint density at radius 3 is 2.53 bits per heavy atom. The van der Waals surface area contributed by atoms with Crippen LogP contribution in [0.3, 0.4) is 0 Å². The van der Waals surface area contributed by atoms with E-state index in [1.54, 1.807) is 18.3 Å². The van der Waals surface area contributed by atoms with Crippen molar-refractivity contribution in [2.75, 3.05) is 0 Å². The third kappa shape index (κ3) is 2.45. The van der Waals surface area contributed by atoms with Crippen LogP contribution in [0.4, 0.5) is 5.69 Å². The first-order valence-corrected chi connectivity index (χ1v) is 5.95. The first-order valence-electron chi connectivity index (χ1n) is 5.95. The Kier molecular flexibility index (Phi) is 2.94. The van der Waals surface area contributed by atoms with E-state index in [9.17, 15) is 4.79 Å². The molecule has 0 aliphatic carbocycles. The van der Waals surface area contributed by atoms with Crippen LogP contribution in [0.15, 0.2) is 74.9 Å². The van der Waals surface area contributed by atoms with E-state index in [4.69, 9.17) is 4.42 Å². The summed E-state index contributed by atoms with van der Waals surface area (Å²) < 4.78 is 5.21. The van der Waals surface area contributed by atoms with Gasteiger partial charge in [-0.3, -0.25) is 0 Å². The van der Waals surface area contributed by atoms with Gasteiger partial charge in [0.2, 0.25) is 0 Å². The first kappa shape index (κ1) is 11.4. The van der Waals surface area contributed by atoms with Gasteiger partial charge in [-0.25, -0.2) is 9.79 Å². The molecule has 0 N–H and O–H groups in total. The molecular weight excluding hydrogens is 238 g/mol. The number of hydrogen-bond acceptors (Lipinski definition) is 3. The highest BCUT2D eigenvalue weighted by Gasteiger charge is 2.02. The molecule has 92 valence electrons. The lowest BCUT2D eigenvalue weighted by molar-refractivity contribution is 0.563. The van der Waals surface area contributed by atoms with Gasteiger partial charge in [0, 0.05) is 11.6 Å². The average Bonchev–Trinajstić information content (AvgIpc) is 2.46. The van der Waals surface area contributed by atoms with Gasteiger partial charge >= 0.3 is 5.63 Å². The van der Waals surface area contributed by atoms with E-state index in [0.29, 0.717) is 11.3 Å². The minimum atomic E-state index is -0.425. The number of benzene rings is 2. The largest absolute Gasteiger partial charge is 0.421 e. The molecule has 0 fully saturated rings. The van der Waals surface area contributed by atoms with Gasteiger partial charge in [-0.1, -0.05) is 48.5 Å². The highest BCUT2D eigenvalue weighted by atomic mass is 16.4. The molecule has 0 radical (unpaired) electrons. The lowest BCUT2D eigenvalue weighted by Crippen LogP contribution is -1.97. The second-order valence-electron chi connectivity index (χ2n) is 4.13. The van der Waals surface area contributed by atoms with Crippen molar-refractivity contribution in [2.45, 2.75) is 0 Å². The molecule has 0 atom stereocenters. The van der Waals surface area contributed by atoms with Gasteiger partial charge in [0.15, 0.2) is 0 Å². The molecular formula is C16H11NO2. The summed E-state index contributed by atoms with van der Waals surface area (Å²) in [7, 11) is 0. The van der Waals surface area contributed by atoms with Crippen molar-refractivity contribution >= 4 is 22.9 Å². The van der Waals surface area contributed by atoms with E-state index >= 15 is 0 Å². The number of fused-ring (bicyclic) bond motifs is 1. The molecule has 2 aromatic carbocycles. The van der Waals surface area contributed by atoms with Crippen LogP contribution in [-0.2, 0) is 0 Å². The second-order valence-corrected chi connectivity index (χ2v) is 4.13. The van der Waals surface area contributed by atoms with Crippen molar-refractivity contribution in [3.05, 3.63) is 76.6 Å². The van der Waals surface area contributed by atoms with Crippen molar-refractivity contribution in [2.24, 2.45) is 4.99 Å². The van der Waals surface area contributed by atoms with Crippen LogP contribution < -0.4 is 5.63 Å². The minimum absolute atomic E-state index is 0.308. The standard InChI is InChI=1S/C16H11NO2/c18-16-14(17-11-12-6-2-1-3-7-12)10-13-8-4-5-9-15(13)19-16/h1-11H. The number of hydrogen-bond donors (Lipinski definition) is 0. The molecule has 0 unspecified atom stereocenters. The van der Waals surface area contributed by atoms with Gasteiger partial charge < -0.3 is 4.42 Å². The van der Waals surface area contributed by atoms with Gasteiger partial charge in [-0.2, -0.15) is 0 Å². The quantitative estimate of drug-likeness (QED) is 0.515. The summed E-state index contributed by atoms with van der Waals surface area (Å²) in [6.07, 6.45) is 1.65. The van der Waals surface area contributed by atoms with Gasteiger partial charge in [-0.05, 0) is 17.7 Å². The third-order valence-electron chi connectivity index (χ3n) is 2.78. The predicted octanol–water partition coefficient (Wildman–Crippen LogP) is 3.54. The fraction of sp³-hybridized carbons (Fsp3) is 0. The van der Waals surface area contributed by atoms with Gasteiger partial charge in [0.1, 0.15) is 11.3 Å². The highest BCUT2D eigenvalue weighted by Crippen LogP contribution is 2.16. The normalized spacial score (nSPS) is 11.2. The van der Waals surface area contributed by atoms with Crippen LogP contribution in [0.5, 0.6) is 0 Å². The Bertz CT molecular complexity index is 788. The fourth-order valence-electron chi connectivity index (χ4n) is 1.82. The van der Waals surface area contributed by atoms with Crippen molar-refractivity contribution in [1.82, 2.24) is 0 Å². The van der Waals surface area contributed by atoms with Crippen LogP contribution >= 0.6 is 0 Å². The maximum atomic E-state index is 11.8. The van der Waals surface area contributed by atoms with Gasteiger partial charge in [-0.15, -0.1) is 0 Å². The Hall–Kier alpha value is -2.68. The van der Waals surface area contributed by atoms with E-state index < -0.39 is 5.63 Å². The van der Waals surface area contributed by atoms with Crippen LogP contribution in [0.2, 0.25) is 0 Å². The molecule has 0 bridgehead atoms. The van der Waals surface area contributed by atoms with Crippen molar-refractivity contribution in [3.8, 4) is 0 Å². The summed E-state index contributed by atoms with van der Waals surface area (Å²) in [5.74, 6) is 0. The van der Waals surface area contributed by atoms with E-state index in [-0.39, 0.29) is 0 Å². The Labute approximate surface area is 109 Å². The fourth-order valence-corrected chi connectivity index (χ4v) is 1.82. The van der Waals surface area contributed by atoms with E-state index in [2.05, 4.69) is 4.99 Å². The van der Waals surface area contributed by atoms with Gasteiger partial charge in [0.25, 0.3) is 0 Å². The molecule has 19 heavy (non-hydrogen) atoms. The molecule has 3 heteroatoms. The molecule has 0 spiro atoms. The van der Waals surface area contributed by atoms with E-state index in [1.807, 2.05) is 48.5 Å². The summed E-state index contributed by atoms with van der Waals surface area (Å²) in [5, 5.41) is 0.863. The lowest BCUT2D eigenvalue weighted by Gasteiger charge is -1.97. The molecule has 0 amide bonds. The van der Waals surface area contributed by atoms with Crippen molar-refractivity contribution < 1.29 is 4.42 Å². The maximum Gasteiger partial charge on any atom is 0.362 e. The predicted molar refractivity (Wildman–Crippen MR) is 76.2 cm³/mol. The smallest absolute Gasteiger partial charge is 0.362 e. The van der Waals surface area contributed by atoms with Crippen LogP contribution in [0.1, 0.15) is 5.56 Å². The average molecular weight is 249 g/mol. The molecule has 3 rings (SSSR count). The molecule has 0 aliphatic rings. The number of rotatable bonds is 2. The van der Waals surface area contributed by atoms with Crippen molar-refractivity contribution in [1.29, 1.82) is 0 Å². The maximum absolute atomic E-state index is 11.8. The zero-order valence-corrected chi connectivity index (χ0v) is 10.1. The number of para-hydroxylation sites is 1. The molecule has 1 aromatic heterocycles. The monoisotopic (exact) mass is 249 g/mol. The number of aliphatic imine (C=N–C) groups is 1. The molecule has 0 saturated heterocycles. The Morgan fingerprint density at radius 2 is 1.68 bits per heavy atom. The second kappa shape index (κ2) is 4.90. The molecule has 0 aliphatic heterocycles. The van der Waals surface area contributed by atoms with Crippen LogP contribution in [0, 0.1) is 0 Å². The zero-order chi connectivity index (χ0) is 13.1. The molecule has 3 nitrogen and oxygen atoms in total. The molecule has 0 saturated carbocycles. The Morgan fingerprint density at radius 1 is 0.947 bits per heavy atom. The minimum Gasteiger partial charge on any atom is -0.421 e. The van der Waals surface area contributed by atoms with E-state index in [0.717, 1.165) is 10.9 Å². The summed E-state index contributed by atoms with van der Waals surface area (Å²) in [6.45, 7) is 0. The van der Waals surface area contributed by atoms with Crippen LogP contribution in [-0.4, -0.2) is 6.21 Å². The molecule has 1 heterocycles. The Balaban J connectivity index is 2.04. The lowest BCUT2D eigenvalue weighted by atomic mass is 10.2. The third-order valence-corrected chi connectivity index (χ3v) is 2.78. The summed E-state index contributed by atoms with van der Waals surface area (Å²) in [5.41, 5.74) is 1.40. The SMILES string of the molecule is O=c1oc2ccccc2cc1N=Cc1ccccc1. The molecule has 3 aromatic rings. The zero-order valence-electron chi connectivity index (χ0n) is 10.1. The number of nitrogens with zero attached hydrogens (tertiary/aromatic N) is 1. The first-order chi connectivity index (χ1) is 9.33.